The minimum Gasteiger partial charge on any atom is -0.480 e. The Morgan fingerprint density at radius 2 is 1.86 bits per heavy atom. The second kappa shape index (κ2) is 7.28. The molecule has 1 aliphatic rings. The second-order valence-corrected chi connectivity index (χ2v) is 5.69. The first-order valence-corrected chi connectivity index (χ1v) is 7.35. The van der Waals surface area contributed by atoms with E-state index >= 15 is 0 Å². The molecule has 0 atom stereocenters. The lowest BCUT2D eigenvalue weighted by Crippen LogP contribution is -2.60. The molecule has 1 rings (SSSR count). The quantitative estimate of drug-likeness (QED) is 0.699. The molecule has 0 radical (unpaired) electrons. The normalized spacial score (nSPS) is 25.0. The number of carbonyl (C=O) groups excluding carboxylic acids is 2. The van der Waals surface area contributed by atoms with Gasteiger partial charge in [-0.05, 0) is 38.5 Å². The Labute approximate surface area is 125 Å². The SMILES string of the molecule is CCN(CC(=O)NC)C(=O)NC1(C(=O)O)CCC(C)CC1. The van der Waals surface area contributed by atoms with E-state index in [1.807, 2.05) is 0 Å². The van der Waals surface area contributed by atoms with Crippen LogP contribution in [0.25, 0.3) is 0 Å². The lowest BCUT2D eigenvalue weighted by molar-refractivity contribution is -0.146. The highest BCUT2D eigenvalue weighted by Gasteiger charge is 2.43. The lowest BCUT2D eigenvalue weighted by atomic mass is 9.77. The van der Waals surface area contributed by atoms with Gasteiger partial charge in [-0.2, -0.15) is 0 Å². The molecular formula is C14H25N3O4. The van der Waals surface area contributed by atoms with Crippen molar-refractivity contribution in [1.29, 1.82) is 0 Å². The molecule has 0 spiro atoms. The van der Waals surface area contributed by atoms with E-state index in [0.29, 0.717) is 25.3 Å². The van der Waals surface area contributed by atoms with Gasteiger partial charge in [-0.15, -0.1) is 0 Å². The zero-order valence-corrected chi connectivity index (χ0v) is 12.9. The summed E-state index contributed by atoms with van der Waals surface area (Å²) in [5, 5.41) is 14.6. The predicted octanol–water partition coefficient (Wildman–Crippen LogP) is 0.797. The summed E-state index contributed by atoms with van der Waals surface area (Å²) in [6.07, 6.45) is 2.39. The molecule has 0 aromatic heterocycles. The summed E-state index contributed by atoms with van der Waals surface area (Å²) in [7, 11) is 1.50. The van der Waals surface area contributed by atoms with E-state index in [1.54, 1.807) is 6.92 Å². The number of carboxylic acids is 1. The van der Waals surface area contributed by atoms with E-state index in [2.05, 4.69) is 17.6 Å². The van der Waals surface area contributed by atoms with E-state index in [1.165, 1.54) is 11.9 Å². The summed E-state index contributed by atoms with van der Waals surface area (Å²) in [6, 6.07) is -0.502. The number of amides is 3. The smallest absolute Gasteiger partial charge is 0.329 e. The molecule has 0 bridgehead atoms. The van der Waals surface area contributed by atoms with Crippen molar-refractivity contribution in [3.8, 4) is 0 Å². The first-order chi connectivity index (χ1) is 9.84. The fraction of sp³-hybridized carbons (Fsp3) is 0.786. The third-order valence-electron chi connectivity index (χ3n) is 4.17. The predicted molar refractivity (Wildman–Crippen MR) is 77.8 cm³/mol. The molecule has 0 saturated heterocycles. The molecular weight excluding hydrogens is 274 g/mol. The number of aliphatic carboxylic acids is 1. The van der Waals surface area contributed by atoms with Crippen molar-refractivity contribution in [2.75, 3.05) is 20.1 Å². The Hall–Kier alpha value is -1.79. The van der Waals surface area contributed by atoms with Crippen LogP contribution >= 0.6 is 0 Å². The Bertz CT molecular complexity index is 403. The van der Waals surface area contributed by atoms with E-state index in [9.17, 15) is 19.5 Å². The molecule has 1 aliphatic carbocycles. The molecule has 7 heteroatoms. The van der Waals surface area contributed by atoms with Crippen LogP contribution in [0.2, 0.25) is 0 Å². The number of nitrogens with zero attached hydrogens (tertiary/aromatic N) is 1. The number of rotatable bonds is 5. The van der Waals surface area contributed by atoms with E-state index in [-0.39, 0.29) is 12.5 Å². The fourth-order valence-electron chi connectivity index (χ4n) is 2.51. The molecule has 0 aromatic carbocycles. The fourth-order valence-corrected chi connectivity index (χ4v) is 2.51. The Kier molecular flexibility index (Phi) is 5.99. The highest BCUT2D eigenvalue weighted by Crippen LogP contribution is 2.32. The summed E-state index contributed by atoms with van der Waals surface area (Å²) in [6.45, 7) is 4.09. The van der Waals surface area contributed by atoms with Gasteiger partial charge in [0.05, 0.1) is 0 Å². The standard InChI is InChI=1S/C14H25N3O4/c1-4-17(9-11(18)15-3)13(21)16-14(12(19)20)7-5-10(2)6-8-14/h10H,4-9H2,1-3H3,(H,15,18)(H,16,21)(H,19,20). The summed E-state index contributed by atoms with van der Waals surface area (Å²) in [5.74, 6) is -0.810. The molecule has 21 heavy (non-hydrogen) atoms. The third-order valence-corrected chi connectivity index (χ3v) is 4.17. The van der Waals surface area contributed by atoms with E-state index in [4.69, 9.17) is 0 Å². The van der Waals surface area contributed by atoms with Crippen molar-refractivity contribution in [3.63, 3.8) is 0 Å². The Morgan fingerprint density at radius 3 is 2.29 bits per heavy atom. The number of hydrogen-bond acceptors (Lipinski definition) is 3. The summed E-state index contributed by atoms with van der Waals surface area (Å²) in [5.41, 5.74) is -1.21. The van der Waals surface area contributed by atoms with Crippen molar-refractivity contribution in [2.45, 2.75) is 45.1 Å². The second-order valence-electron chi connectivity index (χ2n) is 5.69. The van der Waals surface area contributed by atoms with Crippen LogP contribution in [0.5, 0.6) is 0 Å². The topological polar surface area (TPSA) is 98.7 Å². The maximum atomic E-state index is 12.3. The van der Waals surface area contributed by atoms with Gasteiger partial charge in [-0.1, -0.05) is 6.92 Å². The molecule has 120 valence electrons. The highest BCUT2D eigenvalue weighted by molar-refractivity contribution is 5.88. The van der Waals surface area contributed by atoms with E-state index < -0.39 is 17.5 Å². The average Bonchev–Trinajstić information content (AvgIpc) is 2.46. The molecule has 0 heterocycles. The van der Waals surface area contributed by atoms with Crippen molar-refractivity contribution in [3.05, 3.63) is 0 Å². The molecule has 1 fully saturated rings. The molecule has 0 aromatic rings. The van der Waals surface area contributed by atoms with Crippen LogP contribution in [-0.2, 0) is 9.59 Å². The van der Waals surface area contributed by atoms with E-state index in [0.717, 1.165) is 12.8 Å². The molecule has 3 amide bonds. The Morgan fingerprint density at radius 1 is 1.29 bits per heavy atom. The van der Waals surface area contributed by atoms with Gasteiger partial charge in [-0.25, -0.2) is 9.59 Å². The van der Waals surface area contributed by atoms with Crippen LogP contribution < -0.4 is 10.6 Å². The van der Waals surface area contributed by atoms with Gasteiger partial charge in [0.2, 0.25) is 5.91 Å². The number of carbonyl (C=O) groups is 3. The first-order valence-electron chi connectivity index (χ1n) is 7.35. The number of nitrogens with one attached hydrogen (secondary N) is 2. The maximum Gasteiger partial charge on any atom is 0.329 e. The molecule has 0 aliphatic heterocycles. The number of likely N-dealkylation sites (N-methyl/N-ethyl adjacent to an activating group) is 2. The van der Waals surface area contributed by atoms with Gasteiger partial charge in [0.15, 0.2) is 0 Å². The van der Waals surface area contributed by atoms with Gasteiger partial charge in [-0.3, -0.25) is 4.79 Å². The zero-order chi connectivity index (χ0) is 16.0. The average molecular weight is 299 g/mol. The van der Waals surface area contributed by atoms with Crippen LogP contribution in [0.4, 0.5) is 4.79 Å². The minimum absolute atomic E-state index is 0.0784. The van der Waals surface area contributed by atoms with Crippen molar-refractivity contribution < 1.29 is 19.5 Å². The number of urea groups is 1. The molecule has 7 nitrogen and oxygen atoms in total. The summed E-state index contributed by atoms with van der Waals surface area (Å²) in [4.78, 5) is 36.5. The number of carboxylic acid groups (broad SMARTS) is 1. The summed E-state index contributed by atoms with van der Waals surface area (Å²) >= 11 is 0. The van der Waals surface area contributed by atoms with Crippen LogP contribution in [-0.4, -0.2) is 53.6 Å². The first kappa shape index (κ1) is 17.3. The Balaban J connectivity index is 2.76. The summed E-state index contributed by atoms with van der Waals surface area (Å²) < 4.78 is 0. The zero-order valence-electron chi connectivity index (χ0n) is 12.9. The van der Waals surface area contributed by atoms with Gasteiger partial charge in [0.25, 0.3) is 0 Å². The number of hydrogen-bond donors (Lipinski definition) is 3. The van der Waals surface area contributed by atoms with Gasteiger partial charge >= 0.3 is 12.0 Å². The van der Waals surface area contributed by atoms with Crippen LogP contribution in [0.1, 0.15) is 39.5 Å². The monoisotopic (exact) mass is 299 g/mol. The minimum atomic E-state index is -1.21. The molecule has 1 saturated carbocycles. The van der Waals surface area contributed by atoms with Gasteiger partial charge in [0.1, 0.15) is 12.1 Å². The van der Waals surface area contributed by atoms with Crippen molar-refractivity contribution >= 4 is 17.9 Å². The maximum absolute atomic E-state index is 12.3. The lowest BCUT2D eigenvalue weighted by Gasteiger charge is -2.37. The van der Waals surface area contributed by atoms with Crippen molar-refractivity contribution in [2.24, 2.45) is 5.92 Å². The van der Waals surface area contributed by atoms with Crippen LogP contribution in [0.3, 0.4) is 0 Å². The van der Waals surface area contributed by atoms with Crippen LogP contribution in [0.15, 0.2) is 0 Å². The third kappa shape index (κ3) is 4.34. The van der Waals surface area contributed by atoms with Gasteiger partial charge < -0.3 is 20.6 Å². The molecule has 0 unspecified atom stereocenters. The van der Waals surface area contributed by atoms with Crippen LogP contribution in [0, 0.1) is 5.92 Å². The van der Waals surface area contributed by atoms with Gasteiger partial charge in [0, 0.05) is 13.6 Å². The highest BCUT2D eigenvalue weighted by atomic mass is 16.4. The molecule has 3 N–H and O–H groups in total. The van der Waals surface area contributed by atoms with Crippen molar-refractivity contribution in [1.82, 2.24) is 15.5 Å². The largest absolute Gasteiger partial charge is 0.480 e.